The first-order chi connectivity index (χ1) is 8.59. The Bertz CT molecular complexity index is 444. The number of carbonyl (C=O) groups excluding carboxylic acids is 1. The quantitative estimate of drug-likeness (QED) is 0.770. The van der Waals surface area contributed by atoms with Crippen molar-refractivity contribution in [2.45, 2.75) is 38.2 Å². The van der Waals surface area contributed by atoms with E-state index in [9.17, 15) is 4.79 Å². The molecule has 1 aromatic carbocycles. The Balaban J connectivity index is 2.33. The second-order valence-corrected chi connectivity index (χ2v) is 5.62. The van der Waals surface area contributed by atoms with Crippen LogP contribution in [-0.4, -0.2) is 18.5 Å². The SMILES string of the molecule is COC1(C(=O)c2ccccc2Cl)CCCC(C)C1. The maximum Gasteiger partial charge on any atom is 0.196 e. The van der Waals surface area contributed by atoms with Crippen LogP contribution in [0.15, 0.2) is 24.3 Å². The van der Waals surface area contributed by atoms with Crippen molar-refractivity contribution in [3.8, 4) is 0 Å². The summed E-state index contributed by atoms with van der Waals surface area (Å²) in [5.41, 5.74) is -0.0991. The maximum absolute atomic E-state index is 12.7. The van der Waals surface area contributed by atoms with Crippen LogP contribution in [0.1, 0.15) is 43.0 Å². The summed E-state index contributed by atoms with van der Waals surface area (Å²) in [6.45, 7) is 2.17. The standard InChI is InChI=1S/C15H19ClO2/c1-11-6-5-9-15(10-11,18-2)14(17)12-7-3-4-8-13(12)16/h3-4,7-8,11H,5-6,9-10H2,1-2H3. The third-order valence-electron chi connectivity index (χ3n) is 3.88. The highest BCUT2D eigenvalue weighted by molar-refractivity contribution is 6.34. The van der Waals surface area contributed by atoms with E-state index in [1.54, 1.807) is 19.2 Å². The van der Waals surface area contributed by atoms with E-state index >= 15 is 0 Å². The van der Waals surface area contributed by atoms with E-state index < -0.39 is 5.60 Å². The van der Waals surface area contributed by atoms with E-state index in [4.69, 9.17) is 16.3 Å². The Kier molecular flexibility index (Phi) is 4.08. The molecule has 0 bridgehead atoms. The Labute approximate surface area is 113 Å². The highest BCUT2D eigenvalue weighted by atomic mass is 35.5. The molecule has 0 saturated heterocycles. The molecule has 0 aliphatic heterocycles. The first-order valence-corrected chi connectivity index (χ1v) is 6.81. The van der Waals surface area contributed by atoms with E-state index in [1.807, 2.05) is 12.1 Å². The second kappa shape index (κ2) is 5.41. The fraction of sp³-hybridized carbons (Fsp3) is 0.533. The van der Waals surface area contributed by atoms with Gasteiger partial charge in [-0.2, -0.15) is 0 Å². The minimum absolute atomic E-state index is 0.0298. The summed E-state index contributed by atoms with van der Waals surface area (Å²) in [6, 6.07) is 7.21. The van der Waals surface area contributed by atoms with Crippen LogP contribution in [0.2, 0.25) is 5.02 Å². The van der Waals surface area contributed by atoms with Gasteiger partial charge in [-0.1, -0.05) is 37.1 Å². The van der Waals surface area contributed by atoms with Gasteiger partial charge < -0.3 is 4.74 Å². The third kappa shape index (κ3) is 2.45. The lowest BCUT2D eigenvalue weighted by Crippen LogP contribution is -2.44. The van der Waals surface area contributed by atoms with Crippen molar-refractivity contribution >= 4 is 17.4 Å². The fourth-order valence-corrected chi connectivity index (χ4v) is 3.10. The van der Waals surface area contributed by atoms with Gasteiger partial charge in [0.2, 0.25) is 0 Å². The average molecular weight is 267 g/mol. The van der Waals surface area contributed by atoms with Gasteiger partial charge in [0.25, 0.3) is 0 Å². The Morgan fingerprint density at radius 1 is 1.44 bits per heavy atom. The Morgan fingerprint density at radius 2 is 2.17 bits per heavy atom. The maximum atomic E-state index is 12.7. The summed E-state index contributed by atoms with van der Waals surface area (Å²) in [5.74, 6) is 0.548. The topological polar surface area (TPSA) is 26.3 Å². The number of halogens is 1. The molecule has 1 aliphatic carbocycles. The molecule has 1 fully saturated rings. The van der Waals surface area contributed by atoms with Crippen LogP contribution in [0.3, 0.4) is 0 Å². The molecule has 0 aromatic heterocycles. The summed E-state index contributed by atoms with van der Waals surface area (Å²) in [6.07, 6.45) is 3.78. The van der Waals surface area contributed by atoms with E-state index in [0.717, 1.165) is 19.3 Å². The largest absolute Gasteiger partial charge is 0.370 e. The summed E-state index contributed by atoms with van der Waals surface area (Å²) >= 11 is 6.12. The van der Waals surface area contributed by atoms with Gasteiger partial charge in [0.1, 0.15) is 5.60 Å². The summed E-state index contributed by atoms with van der Waals surface area (Å²) in [4.78, 5) is 12.7. The van der Waals surface area contributed by atoms with Crippen LogP contribution in [0, 0.1) is 5.92 Å². The van der Waals surface area contributed by atoms with Crippen molar-refractivity contribution in [1.82, 2.24) is 0 Å². The van der Waals surface area contributed by atoms with Crippen LogP contribution in [0.25, 0.3) is 0 Å². The number of hydrogen-bond donors (Lipinski definition) is 0. The van der Waals surface area contributed by atoms with Crippen LogP contribution in [-0.2, 0) is 4.74 Å². The lowest BCUT2D eigenvalue weighted by molar-refractivity contribution is -0.0302. The number of hydrogen-bond acceptors (Lipinski definition) is 2. The first-order valence-electron chi connectivity index (χ1n) is 6.43. The molecule has 2 unspecified atom stereocenters. The Morgan fingerprint density at radius 3 is 2.78 bits per heavy atom. The van der Waals surface area contributed by atoms with Gasteiger partial charge in [0.05, 0.1) is 5.02 Å². The second-order valence-electron chi connectivity index (χ2n) is 5.21. The molecule has 18 heavy (non-hydrogen) atoms. The highest BCUT2D eigenvalue weighted by Crippen LogP contribution is 2.38. The Hall–Kier alpha value is -0.860. The number of methoxy groups -OCH3 is 1. The molecule has 0 spiro atoms. The average Bonchev–Trinajstić information content (AvgIpc) is 2.38. The van der Waals surface area contributed by atoms with Crippen molar-refractivity contribution in [2.24, 2.45) is 5.92 Å². The van der Waals surface area contributed by atoms with Gasteiger partial charge >= 0.3 is 0 Å². The van der Waals surface area contributed by atoms with Crippen LogP contribution >= 0.6 is 11.6 Å². The van der Waals surface area contributed by atoms with Crippen molar-refractivity contribution in [2.75, 3.05) is 7.11 Å². The zero-order chi connectivity index (χ0) is 13.2. The monoisotopic (exact) mass is 266 g/mol. The minimum atomic E-state index is -0.678. The zero-order valence-electron chi connectivity index (χ0n) is 10.9. The molecule has 0 N–H and O–H groups in total. The molecule has 2 atom stereocenters. The third-order valence-corrected chi connectivity index (χ3v) is 4.21. The number of Topliss-reactive ketones (excluding diaryl/α,β-unsaturated/α-hetero) is 1. The molecule has 0 radical (unpaired) electrons. The number of ketones is 1. The predicted molar refractivity (Wildman–Crippen MR) is 73.2 cm³/mol. The van der Waals surface area contributed by atoms with Crippen LogP contribution in [0.4, 0.5) is 0 Å². The normalized spacial score (nSPS) is 28.1. The van der Waals surface area contributed by atoms with Crippen LogP contribution < -0.4 is 0 Å². The van der Waals surface area contributed by atoms with Gasteiger partial charge in [-0.05, 0) is 37.3 Å². The van der Waals surface area contributed by atoms with Crippen molar-refractivity contribution in [3.63, 3.8) is 0 Å². The molecule has 0 amide bonds. The molecule has 2 nitrogen and oxygen atoms in total. The van der Waals surface area contributed by atoms with E-state index in [-0.39, 0.29) is 5.78 Å². The van der Waals surface area contributed by atoms with E-state index in [1.165, 1.54) is 6.42 Å². The molecular formula is C15H19ClO2. The zero-order valence-corrected chi connectivity index (χ0v) is 11.7. The summed E-state index contributed by atoms with van der Waals surface area (Å²) < 4.78 is 5.61. The van der Waals surface area contributed by atoms with Crippen LogP contribution in [0.5, 0.6) is 0 Å². The minimum Gasteiger partial charge on any atom is -0.370 e. The van der Waals surface area contributed by atoms with Gasteiger partial charge in [0.15, 0.2) is 5.78 Å². The van der Waals surface area contributed by atoms with Crippen molar-refractivity contribution in [1.29, 1.82) is 0 Å². The molecule has 2 rings (SSSR count). The highest BCUT2D eigenvalue weighted by Gasteiger charge is 2.42. The number of carbonyl (C=O) groups is 1. The van der Waals surface area contributed by atoms with E-state index in [2.05, 4.69) is 6.92 Å². The van der Waals surface area contributed by atoms with Gasteiger partial charge in [-0.25, -0.2) is 0 Å². The molecule has 3 heteroatoms. The van der Waals surface area contributed by atoms with E-state index in [0.29, 0.717) is 16.5 Å². The number of benzene rings is 1. The molecule has 98 valence electrons. The van der Waals surface area contributed by atoms with Gasteiger partial charge in [-0.15, -0.1) is 0 Å². The fourth-order valence-electron chi connectivity index (χ4n) is 2.88. The molecule has 0 heterocycles. The molecule has 1 aliphatic rings. The summed E-state index contributed by atoms with van der Waals surface area (Å²) in [7, 11) is 1.63. The first kappa shape index (κ1) is 13.6. The smallest absolute Gasteiger partial charge is 0.196 e. The summed E-state index contributed by atoms with van der Waals surface area (Å²) in [5, 5.41) is 0.511. The lowest BCUT2D eigenvalue weighted by Gasteiger charge is -2.37. The van der Waals surface area contributed by atoms with Crippen molar-refractivity contribution < 1.29 is 9.53 Å². The molecule has 1 aromatic rings. The van der Waals surface area contributed by atoms with Gasteiger partial charge in [0, 0.05) is 12.7 Å². The predicted octanol–water partition coefficient (Wildman–Crippen LogP) is 4.12. The number of rotatable bonds is 3. The van der Waals surface area contributed by atoms with Crippen molar-refractivity contribution in [3.05, 3.63) is 34.9 Å². The molecular weight excluding hydrogens is 248 g/mol. The van der Waals surface area contributed by atoms with Gasteiger partial charge in [-0.3, -0.25) is 4.79 Å². The number of ether oxygens (including phenoxy) is 1. The molecule has 1 saturated carbocycles. The lowest BCUT2D eigenvalue weighted by atomic mass is 9.75.